The van der Waals surface area contributed by atoms with Crippen molar-refractivity contribution in [1.82, 2.24) is 9.88 Å². The van der Waals surface area contributed by atoms with Crippen LogP contribution in [0, 0.1) is 0 Å². The van der Waals surface area contributed by atoms with E-state index in [1.807, 2.05) is 17.0 Å². The number of ether oxygens (including phenoxy) is 7. The van der Waals surface area contributed by atoms with Crippen molar-refractivity contribution in [2.45, 2.75) is 118 Å². The lowest BCUT2D eigenvalue weighted by Crippen LogP contribution is -2.65. The van der Waals surface area contributed by atoms with Gasteiger partial charge in [-0.05, 0) is 19.1 Å². The molecule has 49 heavy (non-hydrogen) atoms. The van der Waals surface area contributed by atoms with Gasteiger partial charge in [0.1, 0.15) is 73.2 Å². The Kier molecular flexibility index (Phi) is 13.6. The average Bonchev–Trinajstić information content (AvgIpc) is 3.10. The van der Waals surface area contributed by atoms with E-state index in [1.165, 1.54) is 6.92 Å². The molecule has 5 rings (SSSR count). The number of morpholine rings is 1. The van der Waals surface area contributed by atoms with E-state index in [0.29, 0.717) is 13.1 Å². The van der Waals surface area contributed by atoms with Crippen molar-refractivity contribution >= 4 is 0 Å². The topological polar surface area (TPSA) is 283 Å². The van der Waals surface area contributed by atoms with Gasteiger partial charge in [0.25, 0.3) is 0 Å². The second kappa shape index (κ2) is 17.3. The van der Waals surface area contributed by atoms with Crippen LogP contribution in [-0.2, 0) is 39.7 Å². The Labute approximate surface area is 281 Å². The minimum Gasteiger partial charge on any atom is -0.394 e. The first-order chi connectivity index (χ1) is 23.4. The van der Waals surface area contributed by atoms with Gasteiger partial charge in [-0.2, -0.15) is 0 Å². The maximum atomic E-state index is 11.2. The molecule has 4 aliphatic rings. The van der Waals surface area contributed by atoms with E-state index < -0.39 is 124 Å². The molecule has 10 N–H and O–H groups in total. The molecule has 0 amide bonds. The van der Waals surface area contributed by atoms with Crippen molar-refractivity contribution in [3.05, 3.63) is 30.1 Å². The molecule has 0 radical (unpaired) electrons. The highest BCUT2D eigenvalue weighted by Gasteiger charge is 2.51. The van der Waals surface area contributed by atoms with E-state index in [1.54, 1.807) is 12.3 Å². The Morgan fingerprint density at radius 1 is 0.694 bits per heavy atom. The summed E-state index contributed by atoms with van der Waals surface area (Å²) >= 11 is 0. The van der Waals surface area contributed by atoms with Gasteiger partial charge in [0, 0.05) is 19.3 Å². The third-order valence-corrected chi connectivity index (χ3v) is 9.15. The number of aromatic nitrogens is 1. The average molecular weight is 709 g/mol. The van der Waals surface area contributed by atoms with Gasteiger partial charge in [0.05, 0.1) is 50.9 Å². The predicted molar refractivity (Wildman–Crippen MR) is 159 cm³/mol. The Bertz CT molecular complexity index is 1140. The molecule has 5 heterocycles. The van der Waals surface area contributed by atoms with Gasteiger partial charge in [0.2, 0.25) is 0 Å². The van der Waals surface area contributed by atoms with Crippen molar-refractivity contribution in [2.24, 2.45) is 0 Å². The minimum absolute atomic E-state index is 0.192. The fourth-order valence-electron chi connectivity index (χ4n) is 6.37. The first-order valence-corrected chi connectivity index (χ1v) is 16.2. The second-order valence-corrected chi connectivity index (χ2v) is 12.7. The highest BCUT2D eigenvalue weighted by molar-refractivity contribution is 5.04. The monoisotopic (exact) mass is 708 g/mol. The molecule has 17 unspecified atom stereocenters. The molecule has 280 valence electrons. The van der Waals surface area contributed by atoms with Crippen LogP contribution in [0.25, 0.3) is 0 Å². The maximum absolute atomic E-state index is 11.2. The summed E-state index contributed by atoms with van der Waals surface area (Å²) in [5.41, 5.74) is 0.773. The highest BCUT2D eigenvalue weighted by atomic mass is 16.7. The Morgan fingerprint density at radius 3 is 2.04 bits per heavy atom. The van der Waals surface area contributed by atoms with Crippen molar-refractivity contribution in [3.8, 4) is 0 Å². The second-order valence-electron chi connectivity index (χ2n) is 12.7. The molecule has 0 aromatic carbocycles. The van der Waals surface area contributed by atoms with E-state index in [0.717, 1.165) is 5.69 Å². The number of pyridine rings is 1. The normalized spacial score (nSPS) is 45.3. The molecule has 4 saturated heterocycles. The summed E-state index contributed by atoms with van der Waals surface area (Å²) in [5, 5.41) is 104. The van der Waals surface area contributed by atoms with E-state index in [-0.39, 0.29) is 13.2 Å². The van der Waals surface area contributed by atoms with Crippen LogP contribution in [0.15, 0.2) is 24.4 Å². The summed E-state index contributed by atoms with van der Waals surface area (Å²) in [6, 6.07) is 5.48. The lowest BCUT2D eigenvalue weighted by molar-refractivity contribution is -0.352. The Balaban J connectivity index is 1.23. The van der Waals surface area contributed by atoms with Gasteiger partial charge in [-0.25, -0.2) is 0 Å². The molecule has 4 fully saturated rings. The van der Waals surface area contributed by atoms with Gasteiger partial charge in [0.15, 0.2) is 18.9 Å². The number of nitrogens with zero attached hydrogens (tertiary/aromatic N) is 2. The lowest BCUT2D eigenvalue weighted by Gasteiger charge is -2.47. The molecular formula is C30H48N2O17. The third-order valence-electron chi connectivity index (χ3n) is 9.15. The number of rotatable bonds is 12. The summed E-state index contributed by atoms with van der Waals surface area (Å²) in [6.07, 6.45) is -22.3. The molecule has 0 saturated carbocycles. The van der Waals surface area contributed by atoms with Crippen molar-refractivity contribution in [3.63, 3.8) is 0 Å². The highest BCUT2D eigenvalue weighted by Crippen LogP contribution is 2.31. The van der Waals surface area contributed by atoms with Crippen molar-refractivity contribution < 1.29 is 84.2 Å². The molecule has 0 bridgehead atoms. The van der Waals surface area contributed by atoms with E-state index in [2.05, 4.69) is 4.98 Å². The molecule has 4 aliphatic heterocycles. The van der Waals surface area contributed by atoms with Crippen molar-refractivity contribution in [1.29, 1.82) is 0 Å². The van der Waals surface area contributed by atoms with Crippen LogP contribution in [0.1, 0.15) is 12.6 Å². The van der Waals surface area contributed by atoms with E-state index >= 15 is 0 Å². The maximum Gasteiger partial charge on any atom is 0.187 e. The molecule has 19 heteroatoms. The SMILES string of the molecule is CC1OC(COC2OC(CO)C(O)C(OC3CN(Cc4ccccn4)CC(CO)O3)C2O)C(O)C(OC2OC(CO)C(O)C(O)C2O)C1O. The predicted octanol–water partition coefficient (Wildman–Crippen LogP) is -5.86. The summed E-state index contributed by atoms with van der Waals surface area (Å²) in [7, 11) is 0. The summed E-state index contributed by atoms with van der Waals surface area (Å²) in [6.45, 7) is 0.272. The van der Waals surface area contributed by atoms with Crippen LogP contribution in [0.5, 0.6) is 0 Å². The van der Waals surface area contributed by atoms with Gasteiger partial charge >= 0.3 is 0 Å². The minimum atomic E-state index is -1.79. The van der Waals surface area contributed by atoms with Gasteiger partial charge in [-0.3, -0.25) is 9.88 Å². The molecule has 1 aromatic rings. The molecule has 19 nitrogen and oxygen atoms in total. The first-order valence-electron chi connectivity index (χ1n) is 16.2. The molecule has 17 atom stereocenters. The van der Waals surface area contributed by atoms with Crippen LogP contribution in [-0.4, -0.2) is 205 Å². The zero-order chi connectivity index (χ0) is 35.4. The van der Waals surface area contributed by atoms with Crippen LogP contribution in [0.2, 0.25) is 0 Å². The van der Waals surface area contributed by atoms with Gasteiger partial charge < -0.3 is 84.2 Å². The smallest absolute Gasteiger partial charge is 0.187 e. The fraction of sp³-hybridized carbons (Fsp3) is 0.833. The quantitative estimate of drug-likeness (QED) is 0.0968. The Hall–Kier alpha value is -1.57. The number of hydrogen-bond acceptors (Lipinski definition) is 19. The largest absolute Gasteiger partial charge is 0.394 e. The summed E-state index contributed by atoms with van der Waals surface area (Å²) in [5.74, 6) is 0. The molecule has 1 aromatic heterocycles. The van der Waals surface area contributed by atoms with Crippen LogP contribution in [0.3, 0.4) is 0 Å². The zero-order valence-electron chi connectivity index (χ0n) is 26.8. The number of hydrogen-bond donors (Lipinski definition) is 10. The summed E-state index contributed by atoms with van der Waals surface area (Å²) in [4.78, 5) is 6.26. The van der Waals surface area contributed by atoms with Crippen LogP contribution >= 0.6 is 0 Å². The zero-order valence-corrected chi connectivity index (χ0v) is 26.8. The first kappa shape index (κ1) is 38.7. The standard InChI is InChI=1S/C30H48N2O17/c1-13-20(36)27(49-30-25(41)24(40)21(37)16(10-34)47-30)23(39)18(44-13)12-43-29-26(42)28(22(38)17(11-35)46-29)48-19-8-32(7-15(9-33)45-19)6-14-4-2-3-5-31-14/h2-5,13,15-30,33-42H,6-12H2,1H3. The molecule has 0 spiro atoms. The van der Waals surface area contributed by atoms with Gasteiger partial charge in [-0.1, -0.05) is 6.07 Å². The summed E-state index contributed by atoms with van der Waals surface area (Å²) < 4.78 is 40.0. The number of aliphatic hydroxyl groups is 10. The lowest BCUT2D eigenvalue weighted by atomic mass is 9.94. The fourth-order valence-corrected chi connectivity index (χ4v) is 6.37. The number of aliphatic hydroxyl groups excluding tert-OH is 10. The van der Waals surface area contributed by atoms with E-state index in [9.17, 15) is 51.1 Å². The molecule has 0 aliphatic carbocycles. The van der Waals surface area contributed by atoms with Crippen LogP contribution < -0.4 is 0 Å². The van der Waals surface area contributed by atoms with Gasteiger partial charge in [-0.15, -0.1) is 0 Å². The van der Waals surface area contributed by atoms with Crippen LogP contribution in [0.4, 0.5) is 0 Å². The third kappa shape index (κ3) is 8.91. The molecular weight excluding hydrogens is 660 g/mol. The van der Waals surface area contributed by atoms with Crippen molar-refractivity contribution in [2.75, 3.05) is 39.5 Å². The van der Waals surface area contributed by atoms with E-state index in [4.69, 9.17) is 33.2 Å². The Morgan fingerprint density at radius 2 is 1.37 bits per heavy atom.